The molecule has 1 atom stereocenters. The molecule has 1 fully saturated rings. The summed E-state index contributed by atoms with van der Waals surface area (Å²) < 4.78 is 8.00. The first-order chi connectivity index (χ1) is 14.7. The third kappa shape index (κ3) is 6.73. The van der Waals surface area contributed by atoms with Gasteiger partial charge in [-0.2, -0.15) is 0 Å². The van der Waals surface area contributed by atoms with E-state index in [2.05, 4.69) is 48.4 Å². The molecule has 7 heteroatoms. The van der Waals surface area contributed by atoms with E-state index < -0.39 is 0 Å². The lowest BCUT2D eigenvalue weighted by Gasteiger charge is -2.20. The van der Waals surface area contributed by atoms with Gasteiger partial charge in [0.2, 0.25) is 5.91 Å². The van der Waals surface area contributed by atoms with Crippen LogP contribution in [0.25, 0.3) is 0 Å². The van der Waals surface area contributed by atoms with E-state index in [1.54, 1.807) is 0 Å². The van der Waals surface area contributed by atoms with Gasteiger partial charge in [0, 0.05) is 13.1 Å². The monoisotopic (exact) mass is 444 g/mol. The number of benzene rings is 1. The number of carbonyl (C=O) groups is 1. The van der Waals surface area contributed by atoms with Crippen LogP contribution in [0.3, 0.4) is 0 Å². The highest BCUT2D eigenvalue weighted by atomic mass is 32.2. The molecule has 1 aliphatic rings. The minimum absolute atomic E-state index is 0.0738. The van der Waals surface area contributed by atoms with Crippen molar-refractivity contribution in [1.29, 1.82) is 0 Å². The summed E-state index contributed by atoms with van der Waals surface area (Å²) in [6.45, 7) is 8.55. The average Bonchev–Trinajstić information content (AvgIpc) is 2.90. The summed E-state index contributed by atoms with van der Waals surface area (Å²) in [4.78, 5) is 12.4. The molecule has 1 amide bonds. The van der Waals surface area contributed by atoms with E-state index in [9.17, 15) is 4.79 Å². The predicted octanol–water partition coefficient (Wildman–Crippen LogP) is 5.18. The number of hydrogen-bond acceptors (Lipinski definition) is 5. The van der Waals surface area contributed by atoms with E-state index in [1.807, 2.05) is 30.7 Å². The Labute approximate surface area is 190 Å². The lowest BCUT2D eigenvalue weighted by Crippen LogP contribution is -2.35. The van der Waals surface area contributed by atoms with Crippen LogP contribution in [0.15, 0.2) is 29.4 Å². The molecule has 0 bridgehead atoms. The number of amides is 1. The molecule has 2 aromatic rings. The van der Waals surface area contributed by atoms with Crippen LogP contribution in [0.2, 0.25) is 0 Å². The third-order valence-electron chi connectivity index (χ3n) is 5.82. The van der Waals surface area contributed by atoms with E-state index in [-0.39, 0.29) is 17.4 Å². The Hall–Kier alpha value is -2.02. The minimum Gasteiger partial charge on any atom is -0.483 e. The van der Waals surface area contributed by atoms with Crippen LogP contribution in [0, 0.1) is 0 Å². The molecule has 0 spiro atoms. The third-order valence-corrected chi connectivity index (χ3v) is 6.84. The highest BCUT2D eigenvalue weighted by Gasteiger charge is 2.20. The topological polar surface area (TPSA) is 69.0 Å². The van der Waals surface area contributed by atoms with Gasteiger partial charge in [0.15, 0.2) is 17.1 Å². The van der Waals surface area contributed by atoms with Crippen molar-refractivity contribution in [3.8, 4) is 5.75 Å². The molecule has 1 aromatic heterocycles. The fraction of sp³-hybridized carbons (Fsp3) is 0.625. The number of carbonyl (C=O) groups excluding carboxylic acids is 1. The maximum absolute atomic E-state index is 12.4. The lowest BCUT2D eigenvalue weighted by atomic mass is 9.87. The van der Waals surface area contributed by atoms with Gasteiger partial charge in [-0.15, -0.1) is 10.2 Å². The Bertz CT molecular complexity index is 849. The number of nitrogens with zero attached hydrogens (tertiary/aromatic N) is 3. The van der Waals surface area contributed by atoms with Crippen LogP contribution >= 0.6 is 11.8 Å². The predicted molar refractivity (Wildman–Crippen MR) is 126 cm³/mol. The number of rotatable bonds is 7. The Kier molecular flexibility index (Phi) is 8.03. The van der Waals surface area contributed by atoms with Crippen LogP contribution in [0.5, 0.6) is 5.75 Å². The van der Waals surface area contributed by atoms with Crippen molar-refractivity contribution in [3.05, 3.63) is 35.7 Å². The first-order valence-electron chi connectivity index (χ1n) is 11.3. The molecule has 1 aromatic carbocycles. The molecule has 1 heterocycles. The van der Waals surface area contributed by atoms with Crippen LogP contribution < -0.4 is 10.1 Å². The number of aromatic nitrogens is 3. The van der Waals surface area contributed by atoms with Crippen LogP contribution in [-0.2, 0) is 17.3 Å². The molecule has 0 saturated heterocycles. The largest absolute Gasteiger partial charge is 0.483 e. The second-order valence-corrected chi connectivity index (χ2v) is 10.4. The Morgan fingerprint density at radius 3 is 2.42 bits per heavy atom. The van der Waals surface area contributed by atoms with Gasteiger partial charge in [0.1, 0.15) is 5.75 Å². The molecule has 170 valence electrons. The molecule has 1 aliphatic carbocycles. The highest BCUT2D eigenvalue weighted by molar-refractivity contribution is 7.99. The van der Waals surface area contributed by atoms with Gasteiger partial charge in [0.25, 0.3) is 0 Å². The second-order valence-electron chi connectivity index (χ2n) is 9.48. The van der Waals surface area contributed by atoms with Gasteiger partial charge in [-0.25, -0.2) is 0 Å². The molecular weight excluding hydrogens is 408 g/mol. The molecule has 1 unspecified atom stereocenters. The van der Waals surface area contributed by atoms with Crippen molar-refractivity contribution in [2.75, 3.05) is 5.75 Å². The Morgan fingerprint density at radius 2 is 1.81 bits per heavy atom. The van der Waals surface area contributed by atoms with Crippen LogP contribution in [0.4, 0.5) is 0 Å². The molecule has 0 radical (unpaired) electrons. The lowest BCUT2D eigenvalue weighted by molar-refractivity contribution is -0.119. The van der Waals surface area contributed by atoms with E-state index >= 15 is 0 Å². The van der Waals surface area contributed by atoms with Gasteiger partial charge in [0.05, 0.1) is 5.75 Å². The van der Waals surface area contributed by atoms with E-state index in [4.69, 9.17) is 4.74 Å². The van der Waals surface area contributed by atoms with E-state index in [0.29, 0.717) is 11.8 Å². The summed E-state index contributed by atoms with van der Waals surface area (Å²) >= 11 is 1.42. The smallest absolute Gasteiger partial charge is 0.230 e. The molecule has 6 nitrogen and oxygen atoms in total. The normalized spacial score (nSPS) is 16.5. The Morgan fingerprint density at radius 1 is 1.16 bits per heavy atom. The van der Waals surface area contributed by atoms with Crippen molar-refractivity contribution in [1.82, 2.24) is 20.1 Å². The van der Waals surface area contributed by atoms with Crippen molar-refractivity contribution < 1.29 is 9.53 Å². The SMILES string of the molecule is CC(Oc1ccc(C(C)(C)C)cc1)c1nnc(SCC(=O)NC2CCCCCC2)n1C. The molecule has 31 heavy (non-hydrogen) atoms. The molecular formula is C24H36N4O2S. The van der Waals surface area contributed by atoms with Crippen molar-refractivity contribution in [2.45, 2.75) is 88.9 Å². The summed E-state index contributed by atoms with van der Waals surface area (Å²) in [5.41, 5.74) is 1.38. The first-order valence-corrected chi connectivity index (χ1v) is 12.3. The fourth-order valence-corrected chi connectivity index (χ4v) is 4.65. The fourth-order valence-electron chi connectivity index (χ4n) is 3.92. The summed E-state index contributed by atoms with van der Waals surface area (Å²) in [5, 5.41) is 12.5. The number of nitrogens with one attached hydrogen (secondary N) is 1. The van der Waals surface area contributed by atoms with Crippen LogP contribution in [-0.4, -0.2) is 32.5 Å². The zero-order chi connectivity index (χ0) is 22.4. The maximum Gasteiger partial charge on any atom is 0.230 e. The summed E-state index contributed by atoms with van der Waals surface area (Å²) in [5.74, 6) is 1.98. The van der Waals surface area contributed by atoms with Crippen LogP contribution in [0.1, 0.15) is 83.7 Å². The molecule has 0 aliphatic heterocycles. The maximum atomic E-state index is 12.4. The quantitative estimate of drug-likeness (QED) is 0.470. The van der Waals surface area contributed by atoms with Gasteiger partial charge in [-0.3, -0.25) is 4.79 Å². The molecule has 1 saturated carbocycles. The number of thioether (sulfide) groups is 1. The zero-order valence-corrected chi connectivity index (χ0v) is 20.3. The minimum atomic E-state index is -0.243. The summed E-state index contributed by atoms with van der Waals surface area (Å²) in [6, 6.07) is 8.53. The zero-order valence-electron chi connectivity index (χ0n) is 19.5. The Balaban J connectivity index is 1.53. The van der Waals surface area contributed by atoms with Gasteiger partial charge in [-0.1, -0.05) is 70.3 Å². The first kappa shape index (κ1) is 23.6. The summed E-state index contributed by atoms with van der Waals surface area (Å²) in [7, 11) is 1.92. The van der Waals surface area contributed by atoms with Crippen molar-refractivity contribution in [2.24, 2.45) is 7.05 Å². The molecule has 3 rings (SSSR count). The molecule has 1 N–H and O–H groups in total. The van der Waals surface area contributed by atoms with Crippen molar-refractivity contribution in [3.63, 3.8) is 0 Å². The number of ether oxygens (including phenoxy) is 1. The van der Waals surface area contributed by atoms with E-state index in [0.717, 1.165) is 29.6 Å². The van der Waals surface area contributed by atoms with Gasteiger partial charge >= 0.3 is 0 Å². The standard InChI is InChI=1S/C24H36N4O2S/c1-17(30-20-14-12-18(13-15-20)24(2,3)4)22-26-27-23(28(22)5)31-16-21(29)25-19-10-8-6-7-9-11-19/h12-15,17,19H,6-11,16H2,1-5H3,(H,25,29). The average molecular weight is 445 g/mol. The van der Waals surface area contributed by atoms with E-state index in [1.165, 1.54) is 43.0 Å². The number of hydrogen-bond donors (Lipinski definition) is 1. The van der Waals surface area contributed by atoms with Gasteiger partial charge in [-0.05, 0) is 42.9 Å². The highest BCUT2D eigenvalue weighted by Crippen LogP contribution is 2.27. The van der Waals surface area contributed by atoms with Gasteiger partial charge < -0.3 is 14.6 Å². The van der Waals surface area contributed by atoms with Crippen molar-refractivity contribution >= 4 is 17.7 Å². The second kappa shape index (κ2) is 10.5. The summed E-state index contributed by atoms with van der Waals surface area (Å²) in [6.07, 6.45) is 6.93.